The molecule has 24 heavy (non-hydrogen) atoms. The number of carbonyl (C=O) groups excluding carboxylic acids is 3. The number of unbranched alkanes of at least 4 members (excludes halogenated alkanes) is 1. The molecule has 0 radical (unpaired) electrons. The molecule has 3 N–H and O–H groups in total. The van der Waals surface area contributed by atoms with Crippen LogP contribution >= 0.6 is 0 Å². The van der Waals surface area contributed by atoms with Crippen LogP contribution in [0.3, 0.4) is 0 Å². The highest BCUT2D eigenvalue weighted by Crippen LogP contribution is 2.21. The van der Waals surface area contributed by atoms with Crippen molar-refractivity contribution in [2.75, 3.05) is 11.4 Å². The van der Waals surface area contributed by atoms with E-state index in [1.54, 1.807) is 24.3 Å². The summed E-state index contributed by atoms with van der Waals surface area (Å²) in [4.78, 5) is 36.3. The van der Waals surface area contributed by atoms with Gasteiger partial charge in [0.15, 0.2) is 0 Å². The highest BCUT2D eigenvalue weighted by atomic mass is 16.4. The number of carbonyl (C=O) groups is 3. The number of oxime groups is 1. The summed E-state index contributed by atoms with van der Waals surface area (Å²) in [6.07, 6.45) is 3.24. The molecule has 4 amide bonds. The Morgan fingerprint density at radius 1 is 1.33 bits per heavy atom. The fourth-order valence-corrected chi connectivity index (χ4v) is 2.49. The van der Waals surface area contributed by atoms with Crippen molar-refractivity contribution in [1.82, 2.24) is 10.6 Å². The molecule has 1 aromatic carbocycles. The van der Waals surface area contributed by atoms with Gasteiger partial charge in [0.1, 0.15) is 6.04 Å². The molecule has 1 unspecified atom stereocenters. The van der Waals surface area contributed by atoms with Gasteiger partial charge < -0.3 is 15.8 Å². The quantitative estimate of drug-likeness (QED) is 0.229. The zero-order valence-corrected chi connectivity index (χ0v) is 13.4. The average molecular weight is 332 g/mol. The van der Waals surface area contributed by atoms with Gasteiger partial charge in [-0.1, -0.05) is 17.3 Å². The summed E-state index contributed by atoms with van der Waals surface area (Å²) >= 11 is 0. The number of amides is 4. The molecule has 1 heterocycles. The first kappa shape index (κ1) is 17.5. The minimum Gasteiger partial charge on any atom is -0.411 e. The summed E-state index contributed by atoms with van der Waals surface area (Å²) in [6, 6.07) is 5.54. The predicted molar refractivity (Wildman–Crippen MR) is 88.2 cm³/mol. The largest absolute Gasteiger partial charge is 0.411 e. The van der Waals surface area contributed by atoms with E-state index in [2.05, 4.69) is 15.8 Å². The molecule has 1 fully saturated rings. The maximum Gasteiger partial charge on any atom is 0.329 e. The first-order chi connectivity index (χ1) is 11.5. The lowest BCUT2D eigenvalue weighted by Crippen LogP contribution is -2.31. The monoisotopic (exact) mass is 332 g/mol. The van der Waals surface area contributed by atoms with E-state index < -0.39 is 12.1 Å². The molecule has 0 saturated carbocycles. The number of hydrogen-bond acceptors (Lipinski definition) is 5. The first-order valence-corrected chi connectivity index (χ1v) is 7.69. The Bertz CT molecular complexity index is 642. The molecule has 1 atom stereocenters. The highest BCUT2D eigenvalue weighted by molar-refractivity contribution is 6.21. The molecule has 1 aliphatic heterocycles. The van der Waals surface area contributed by atoms with E-state index in [1.807, 2.05) is 0 Å². The van der Waals surface area contributed by atoms with Crippen molar-refractivity contribution >= 4 is 29.7 Å². The van der Waals surface area contributed by atoms with Crippen molar-refractivity contribution in [3.05, 3.63) is 29.8 Å². The lowest BCUT2D eigenvalue weighted by atomic mass is 10.1. The van der Waals surface area contributed by atoms with Crippen LogP contribution in [0.25, 0.3) is 0 Å². The summed E-state index contributed by atoms with van der Waals surface area (Å²) in [5.41, 5.74) is 1.12. The maximum absolute atomic E-state index is 12.4. The minimum atomic E-state index is -0.548. The Morgan fingerprint density at radius 2 is 2.04 bits per heavy atom. The molecule has 0 spiro atoms. The van der Waals surface area contributed by atoms with Crippen molar-refractivity contribution in [3.8, 4) is 0 Å². The predicted octanol–water partition coefficient (Wildman–Crippen LogP) is 1.23. The standard InChI is InChI=1S/C16H20N4O4/c1-11(21)17-9-3-2-4-14-15(22)20(16(23)19-14)13-7-5-12(6-8-13)10-18-24/h5-8,10,14,24H,2-4,9H2,1H3,(H,17,21)(H,19,23). The number of imide groups is 1. The van der Waals surface area contributed by atoms with Crippen LogP contribution in [0.2, 0.25) is 0 Å². The van der Waals surface area contributed by atoms with Crippen molar-refractivity contribution < 1.29 is 19.6 Å². The number of rotatable bonds is 7. The fourth-order valence-electron chi connectivity index (χ4n) is 2.49. The van der Waals surface area contributed by atoms with Crippen LogP contribution in [-0.4, -0.2) is 41.9 Å². The van der Waals surface area contributed by atoms with E-state index in [1.165, 1.54) is 13.1 Å². The second kappa shape index (κ2) is 8.09. The third kappa shape index (κ3) is 4.31. The Labute approximate surface area is 139 Å². The van der Waals surface area contributed by atoms with Crippen molar-refractivity contribution in [2.45, 2.75) is 32.2 Å². The van der Waals surface area contributed by atoms with Crippen LogP contribution in [0.1, 0.15) is 31.7 Å². The van der Waals surface area contributed by atoms with E-state index in [-0.39, 0.29) is 11.8 Å². The zero-order valence-electron chi connectivity index (χ0n) is 13.4. The van der Waals surface area contributed by atoms with Crippen LogP contribution in [0, 0.1) is 0 Å². The molecular formula is C16H20N4O4. The Balaban J connectivity index is 1.92. The number of hydrogen-bond donors (Lipinski definition) is 3. The molecule has 1 saturated heterocycles. The number of urea groups is 1. The van der Waals surface area contributed by atoms with E-state index >= 15 is 0 Å². The highest BCUT2D eigenvalue weighted by Gasteiger charge is 2.38. The van der Waals surface area contributed by atoms with Crippen LogP contribution < -0.4 is 15.5 Å². The average Bonchev–Trinajstić information content (AvgIpc) is 2.82. The number of anilines is 1. The third-order valence-electron chi connectivity index (χ3n) is 3.67. The van der Waals surface area contributed by atoms with E-state index in [0.29, 0.717) is 24.2 Å². The van der Waals surface area contributed by atoms with E-state index in [9.17, 15) is 14.4 Å². The lowest BCUT2D eigenvalue weighted by Gasteiger charge is -2.13. The minimum absolute atomic E-state index is 0.0823. The first-order valence-electron chi connectivity index (χ1n) is 7.69. The van der Waals surface area contributed by atoms with E-state index in [0.717, 1.165) is 17.7 Å². The van der Waals surface area contributed by atoms with Gasteiger partial charge in [0.2, 0.25) is 5.91 Å². The number of benzene rings is 1. The summed E-state index contributed by atoms with van der Waals surface area (Å²) in [7, 11) is 0. The summed E-state index contributed by atoms with van der Waals surface area (Å²) in [5, 5.41) is 16.8. The third-order valence-corrected chi connectivity index (χ3v) is 3.67. The Kier molecular flexibility index (Phi) is 5.89. The second-order valence-corrected chi connectivity index (χ2v) is 5.49. The van der Waals surface area contributed by atoms with Gasteiger partial charge in [0.05, 0.1) is 11.9 Å². The second-order valence-electron chi connectivity index (χ2n) is 5.49. The zero-order chi connectivity index (χ0) is 17.5. The van der Waals surface area contributed by atoms with Gasteiger partial charge in [-0.05, 0) is 37.0 Å². The SMILES string of the molecule is CC(=O)NCCCCC1NC(=O)N(c2ccc(C=NO)cc2)C1=O. The Hall–Kier alpha value is -2.90. The van der Waals surface area contributed by atoms with Gasteiger partial charge in [-0.15, -0.1) is 0 Å². The molecule has 0 aromatic heterocycles. The van der Waals surface area contributed by atoms with Gasteiger partial charge in [0, 0.05) is 13.5 Å². The maximum atomic E-state index is 12.4. The van der Waals surface area contributed by atoms with Crippen LogP contribution in [0.4, 0.5) is 10.5 Å². The molecule has 2 rings (SSSR count). The topological polar surface area (TPSA) is 111 Å². The van der Waals surface area contributed by atoms with Crippen molar-refractivity contribution in [2.24, 2.45) is 5.16 Å². The van der Waals surface area contributed by atoms with Crippen LogP contribution in [0.5, 0.6) is 0 Å². The smallest absolute Gasteiger partial charge is 0.329 e. The molecule has 1 aromatic rings. The Morgan fingerprint density at radius 3 is 2.67 bits per heavy atom. The van der Waals surface area contributed by atoms with Crippen LogP contribution in [-0.2, 0) is 9.59 Å². The van der Waals surface area contributed by atoms with Crippen molar-refractivity contribution in [1.29, 1.82) is 0 Å². The van der Waals surface area contributed by atoms with Gasteiger partial charge in [0.25, 0.3) is 5.91 Å². The number of nitrogens with one attached hydrogen (secondary N) is 2. The molecule has 128 valence electrons. The van der Waals surface area contributed by atoms with Gasteiger partial charge in [-0.2, -0.15) is 0 Å². The number of nitrogens with zero attached hydrogens (tertiary/aromatic N) is 2. The van der Waals surface area contributed by atoms with Crippen LogP contribution in [0.15, 0.2) is 29.4 Å². The fraction of sp³-hybridized carbons (Fsp3) is 0.375. The molecule has 0 aliphatic carbocycles. The summed E-state index contributed by atoms with van der Waals surface area (Å²) < 4.78 is 0. The molecule has 8 nitrogen and oxygen atoms in total. The molecule has 8 heteroatoms. The van der Waals surface area contributed by atoms with Gasteiger partial charge in [-0.25, -0.2) is 9.69 Å². The molecule has 1 aliphatic rings. The molecule has 0 bridgehead atoms. The van der Waals surface area contributed by atoms with Crippen molar-refractivity contribution in [3.63, 3.8) is 0 Å². The van der Waals surface area contributed by atoms with E-state index in [4.69, 9.17) is 5.21 Å². The summed E-state index contributed by atoms with van der Waals surface area (Å²) in [5.74, 6) is -0.371. The normalized spacial score (nSPS) is 17.4. The molecular weight excluding hydrogens is 312 g/mol. The van der Waals surface area contributed by atoms with Gasteiger partial charge >= 0.3 is 6.03 Å². The van der Waals surface area contributed by atoms with Gasteiger partial charge in [-0.3, -0.25) is 9.59 Å². The summed E-state index contributed by atoms with van der Waals surface area (Å²) in [6.45, 7) is 2.01. The lowest BCUT2D eigenvalue weighted by molar-refractivity contribution is -0.119.